The number of nitro groups is 1. The topological polar surface area (TPSA) is 132 Å². The van der Waals surface area contributed by atoms with Gasteiger partial charge in [-0.1, -0.05) is 0 Å². The van der Waals surface area contributed by atoms with E-state index in [4.69, 9.17) is 9.15 Å². The molecule has 1 N–H and O–H groups in total. The highest BCUT2D eigenvalue weighted by Crippen LogP contribution is 2.21. The Morgan fingerprint density at radius 2 is 2.04 bits per heavy atom. The van der Waals surface area contributed by atoms with E-state index < -0.39 is 29.3 Å². The van der Waals surface area contributed by atoms with Crippen LogP contribution in [-0.2, 0) is 25.7 Å². The number of furan rings is 1. The number of likely N-dealkylation sites (tertiary alicyclic amines) is 1. The summed E-state index contributed by atoms with van der Waals surface area (Å²) in [4.78, 5) is 47.6. The molecule has 0 unspecified atom stereocenters. The predicted molar refractivity (Wildman–Crippen MR) is 94.9 cm³/mol. The molecule has 0 saturated carbocycles. The number of carbonyl (C=O) groups excluding carboxylic acids is 3. The number of esters is 1. The lowest BCUT2D eigenvalue weighted by Gasteiger charge is -2.14. The lowest BCUT2D eigenvalue weighted by atomic mass is 10.1. The van der Waals surface area contributed by atoms with E-state index in [1.165, 1.54) is 35.4 Å². The fourth-order valence-corrected chi connectivity index (χ4v) is 2.79. The van der Waals surface area contributed by atoms with Gasteiger partial charge >= 0.3 is 5.97 Å². The highest BCUT2D eigenvalue weighted by molar-refractivity contribution is 5.93. The standard InChI is InChI=1S/C18H17N3O7/c22-16(19-13-3-5-14(6-4-13)21(25)26)11-28-18(24)12-8-17(23)20(9-12)10-15-2-1-7-27-15/h1-7,12H,8-11H2,(H,19,22)/t12-/m0/s1. The van der Waals surface area contributed by atoms with Crippen molar-refractivity contribution in [3.63, 3.8) is 0 Å². The van der Waals surface area contributed by atoms with Gasteiger partial charge in [-0.15, -0.1) is 0 Å². The first-order valence-corrected chi connectivity index (χ1v) is 8.43. The molecule has 0 bridgehead atoms. The van der Waals surface area contributed by atoms with Crippen molar-refractivity contribution in [1.82, 2.24) is 4.90 Å². The lowest BCUT2D eigenvalue weighted by Crippen LogP contribution is -2.28. The molecule has 28 heavy (non-hydrogen) atoms. The summed E-state index contributed by atoms with van der Waals surface area (Å²) >= 11 is 0. The molecule has 1 fully saturated rings. The van der Waals surface area contributed by atoms with Gasteiger partial charge < -0.3 is 19.4 Å². The van der Waals surface area contributed by atoms with Crippen LogP contribution in [0.15, 0.2) is 47.1 Å². The Morgan fingerprint density at radius 3 is 2.68 bits per heavy atom. The number of amides is 2. The van der Waals surface area contributed by atoms with Crippen molar-refractivity contribution in [2.24, 2.45) is 5.92 Å². The third kappa shape index (κ3) is 4.72. The minimum absolute atomic E-state index is 0.0174. The average Bonchev–Trinajstić information content (AvgIpc) is 3.31. The van der Waals surface area contributed by atoms with Gasteiger partial charge in [0.2, 0.25) is 5.91 Å². The molecule has 10 heteroatoms. The average molecular weight is 387 g/mol. The Kier molecular flexibility index (Phi) is 5.68. The number of carbonyl (C=O) groups is 3. The molecule has 3 rings (SSSR count). The monoisotopic (exact) mass is 387 g/mol. The molecular formula is C18H17N3O7. The smallest absolute Gasteiger partial charge is 0.311 e. The lowest BCUT2D eigenvalue weighted by molar-refractivity contribution is -0.384. The zero-order valence-electron chi connectivity index (χ0n) is 14.7. The first-order chi connectivity index (χ1) is 13.4. The maximum atomic E-state index is 12.1. The number of hydrogen-bond acceptors (Lipinski definition) is 7. The van der Waals surface area contributed by atoms with E-state index in [1.807, 2.05) is 0 Å². The largest absolute Gasteiger partial charge is 0.467 e. The number of ether oxygens (including phenoxy) is 1. The summed E-state index contributed by atoms with van der Waals surface area (Å²) in [6.45, 7) is -0.0444. The van der Waals surface area contributed by atoms with E-state index in [0.717, 1.165) is 0 Å². The fraction of sp³-hybridized carbons (Fsp3) is 0.278. The molecular weight excluding hydrogens is 370 g/mol. The van der Waals surface area contributed by atoms with Crippen LogP contribution in [-0.4, -0.2) is 40.8 Å². The number of nitrogens with one attached hydrogen (secondary N) is 1. The quantitative estimate of drug-likeness (QED) is 0.434. The Hall–Kier alpha value is -3.69. The summed E-state index contributed by atoms with van der Waals surface area (Å²) in [5, 5.41) is 13.1. The maximum Gasteiger partial charge on any atom is 0.311 e. The number of nitro benzene ring substituents is 1. The summed E-state index contributed by atoms with van der Waals surface area (Å²) in [5.74, 6) is -1.43. The van der Waals surface area contributed by atoms with E-state index in [0.29, 0.717) is 11.4 Å². The van der Waals surface area contributed by atoms with E-state index in [9.17, 15) is 24.5 Å². The van der Waals surface area contributed by atoms with Crippen LogP contribution < -0.4 is 5.32 Å². The minimum atomic E-state index is -0.644. The SMILES string of the molecule is O=C(COC(=O)[C@H]1CC(=O)N(Cc2ccco2)C1)Nc1ccc([N+](=O)[O-])cc1. The van der Waals surface area contributed by atoms with Crippen LogP contribution in [0.5, 0.6) is 0 Å². The van der Waals surface area contributed by atoms with Crippen molar-refractivity contribution in [2.45, 2.75) is 13.0 Å². The molecule has 1 saturated heterocycles. The molecule has 2 amide bonds. The summed E-state index contributed by atoms with van der Waals surface area (Å²) in [5.41, 5.74) is 0.238. The number of nitrogens with zero attached hydrogens (tertiary/aromatic N) is 2. The Balaban J connectivity index is 1.45. The zero-order valence-corrected chi connectivity index (χ0v) is 14.7. The van der Waals surface area contributed by atoms with E-state index >= 15 is 0 Å². The van der Waals surface area contributed by atoms with Crippen LogP contribution in [0, 0.1) is 16.0 Å². The Bertz CT molecular complexity index is 877. The van der Waals surface area contributed by atoms with Crippen molar-refractivity contribution in [3.8, 4) is 0 Å². The highest BCUT2D eigenvalue weighted by Gasteiger charge is 2.35. The van der Waals surface area contributed by atoms with Crippen molar-refractivity contribution in [1.29, 1.82) is 0 Å². The van der Waals surface area contributed by atoms with E-state index in [1.54, 1.807) is 12.1 Å². The summed E-state index contributed by atoms with van der Waals surface area (Å²) < 4.78 is 10.2. The van der Waals surface area contributed by atoms with Gasteiger partial charge in [0, 0.05) is 30.8 Å². The van der Waals surface area contributed by atoms with Gasteiger partial charge in [0.1, 0.15) is 5.76 Å². The first-order valence-electron chi connectivity index (χ1n) is 8.43. The predicted octanol–water partition coefficient (Wildman–Crippen LogP) is 1.72. The van der Waals surface area contributed by atoms with Gasteiger partial charge in [-0.3, -0.25) is 24.5 Å². The van der Waals surface area contributed by atoms with Crippen LogP contribution in [0.1, 0.15) is 12.2 Å². The van der Waals surface area contributed by atoms with Crippen molar-refractivity contribution in [2.75, 3.05) is 18.5 Å². The molecule has 0 spiro atoms. The maximum absolute atomic E-state index is 12.1. The molecule has 146 valence electrons. The molecule has 1 aromatic carbocycles. The molecule has 0 aliphatic carbocycles. The zero-order chi connectivity index (χ0) is 20.1. The van der Waals surface area contributed by atoms with Crippen LogP contribution in [0.25, 0.3) is 0 Å². The van der Waals surface area contributed by atoms with Crippen LogP contribution in [0.2, 0.25) is 0 Å². The summed E-state index contributed by atoms with van der Waals surface area (Å²) in [7, 11) is 0. The summed E-state index contributed by atoms with van der Waals surface area (Å²) in [6.07, 6.45) is 1.52. The van der Waals surface area contributed by atoms with Crippen molar-refractivity contribution >= 4 is 29.2 Å². The normalized spacial score (nSPS) is 16.1. The Morgan fingerprint density at radius 1 is 1.29 bits per heavy atom. The van der Waals surface area contributed by atoms with Gasteiger partial charge in [-0.25, -0.2) is 0 Å². The van der Waals surface area contributed by atoms with Crippen molar-refractivity contribution in [3.05, 3.63) is 58.5 Å². The second-order valence-electron chi connectivity index (χ2n) is 6.21. The second kappa shape index (κ2) is 8.33. The van der Waals surface area contributed by atoms with E-state index in [-0.39, 0.29) is 31.1 Å². The van der Waals surface area contributed by atoms with Crippen LogP contribution in [0.4, 0.5) is 11.4 Å². The number of rotatable bonds is 7. The Labute approximate surface area is 159 Å². The van der Waals surface area contributed by atoms with Crippen LogP contribution in [0.3, 0.4) is 0 Å². The molecule has 1 aromatic heterocycles. The van der Waals surface area contributed by atoms with Gasteiger partial charge in [-0.2, -0.15) is 0 Å². The molecule has 10 nitrogen and oxygen atoms in total. The number of non-ortho nitro benzene ring substituents is 1. The van der Waals surface area contributed by atoms with Gasteiger partial charge in [-0.05, 0) is 24.3 Å². The molecule has 1 aliphatic rings. The molecule has 0 radical (unpaired) electrons. The minimum Gasteiger partial charge on any atom is -0.467 e. The molecule has 2 aromatic rings. The molecule has 2 heterocycles. The van der Waals surface area contributed by atoms with Gasteiger partial charge in [0.05, 0.1) is 23.6 Å². The van der Waals surface area contributed by atoms with Crippen LogP contribution >= 0.6 is 0 Å². The van der Waals surface area contributed by atoms with E-state index in [2.05, 4.69) is 5.32 Å². The third-order valence-electron chi connectivity index (χ3n) is 4.18. The number of hydrogen-bond donors (Lipinski definition) is 1. The first kappa shape index (κ1) is 19.1. The summed E-state index contributed by atoms with van der Waals surface area (Å²) in [6, 6.07) is 8.70. The number of anilines is 1. The van der Waals surface area contributed by atoms with Crippen molar-refractivity contribution < 1.29 is 28.5 Å². The molecule has 1 aliphatic heterocycles. The highest BCUT2D eigenvalue weighted by atomic mass is 16.6. The fourth-order valence-electron chi connectivity index (χ4n) is 2.79. The molecule has 1 atom stereocenters. The van der Waals surface area contributed by atoms with Gasteiger partial charge in [0.25, 0.3) is 11.6 Å². The second-order valence-corrected chi connectivity index (χ2v) is 6.21. The van der Waals surface area contributed by atoms with Gasteiger partial charge in [0.15, 0.2) is 6.61 Å². The number of benzene rings is 1. The third-order valence-corrected chi connectivity index (χ3v) is 4.18.